The first kappa shape index (κ1) is 13.1. The molecule has 0 spiro atoms. The minimum absolute atomic E-state index is 0.0379. The fourth-order valence-electron chi connectivity index (χ4n) is 1.75. The predicted octanol–water partition coefficient (Wildman–Crippen LogP) is 1.76. The molecule has 0 aromatic carbocycles. The maximum Gasteiger partial charge on any atom is 0.406 e. The highest BCUT2D eigenvalue weighted by Gasteiger charge is 2.36. The number of carbonyl (C=O) groups is 1. The van der Waals surface area contributed by atoms with Crippen LogP contribution in [-0.2, 0) is 6.42 Å². The van der Waals surface area contributed by atoms with Crippen molar-refractivity contribution in [3.63, 3.8) is 0 Å². The normalized spacial score (nSPS) is 15.8. The number of hydrogen-bond donors (Lipinski definition) is 0. The van der Waals surface area contributed by atoms with E-state index >= 15 is 0 Å². The molecule has 1 aromatic heterocycles. The highest BCUT2D eigenvalue weighted by Crippen LogP contribution is 2.23. The van der Waals surface area contributed by atoms with E-state index in [9.17, 15) is 18.0 Å². The van der Waals surface area contributed by atoms with Crippen LogP contribution in [-0.4, -0.2) is 46.3 Å². The molecule has 1 amide bonds. The molecule has 0 radical (unpaired) electrons. The number of rotatable bonds is 2. The van der Waals surface area contributed by atoms with Gasteiger partial charge in [0.1, 0.15) is 6.54 Å². The van der Waals surface area contributed by atoms with E-state index in [1.54, 1.807) is 6.26 Å². The summed E-state index contributed by atoms with van der Waals surface area (Å²) < 4.78 is 36.8. The molecule has 2 heterocycles. The molecule has 98 valence electrons. The number of nitrogens with zero attached hydrogens (tertiary/aromatic N) is 3. The van der Waals surface area contributed by atoms with Gasteiger partial charge in [-0.25, -0.2) is 9.97 Å². The van der Waals surface area contributed by atoms with Crippen molar-refractivity contribution in [2.45, 2.75) is 17.8 Å². The molecular weight excluding hydrogens is 267 g/mol. The van der Waals surface area contributed by atoms with Crippen molar-refractivity contribution < 1.29 is 18.0 Å². The first-order valence-electron chi connectivity index (χ1n) is 5.16. The first-order chi connectivity index (χ1) is 8.40. The standard InChI is InChI=1S/C10H10F3N3OS/c1-18-9-14-4-6-7(15-9)2-3-16(8(6)17)5-10(11,12)13/h4H,2-3,5H2,1H3. The number of fused-ring (bicyclic) bond motifs is 1. The molecule has 0 aliphatic carbocycles. The monoisotopic (exact) mass is 277 g/mol. The second kappa shape index (κ2) is 4.75. The first-order valence-corrected chi connectivity index (χ1v) is 6.39. The van der Waals surface area contributed by atoms with Crippen molar-refractivity contribution in [3.8, 4) is 0 Å². The van der Waals surface area contributed by atoms with Crippen molar-refractivity contribution in [3.05, 3.63) is 17.5 Å². The van der Waals surface area contributed by atoms with E-state index in [0.717, 1.165) is 4.90 Å². The van der Waals surface area contributed by atoms with Crippen molar-refractivity contribution >= 4 is 17.7 Å². The lowest BCUT2D eigenvalue weighted by Crippen LogP contribution is -2.43. The van der Waals surface area contributed by atoms with E-state index < -0.39 is 18.6 Å². The molecule has 0 bridgehead atoms. The third-order valence-electron chi connectivity index (χ3n) is 2.53. The molecule has 0 N–H and O–H groups in total. The zero-order valence-corrected chi connectivity index (χ0v) is 10.3. The quantitative estimate of drug-likeness (QED) is 0.610. The Kier molecular flexibility index (Phi) is 3.47. The van der Waals surface area contributed by atoms with E-state index in [-0.39, 0.29) is 12.1 Å². The highest BCUT2D eigenvalue weighted by molar-refractivity contribution is 7.98. The number of alkyl halides is 3. The summed E-state index contributed by atoms with van der Waals surface area (Å²) in [6, 6.07) is 0. The number of thioether (sulfide) groups is 1. The van der Waals surface area contributed by atoms with Crippen LogP contribution in [0.25, 0.3) is 0 Å². The Morgan fingerprint density at radius 3 is 2.83 bits per heavy atom. The average molecular weight is 277 g/mol. The molecule has 0 saturated heterocycles. The van der Waals surface area contributed by atoms with Gasteiger partial charge in [0.05, 0.1) is 11.3 Å². The summed E-state index contributed by atoms with van der Waals surface area (Å²) in [5.74, 6) is -0.652. The lowest BCUT2D eigenvalue weighted by molar-refractivity contribution is -0.141. The maximum absolute atomic E-state index is 12.3. The number of halogens is 3. The lowest BCUT2D eigenvalue weighted by atomic mass is 10.1. The average Bonchev–Trinajstić information content (AvgIpc) is 2.31. The number of amides is 1. The predicted molar refractivity (Wildman–Crippen MR) is 59.5 cm³/mol. The van der Waals surface area contributed by atoms with Gasteiger partial charge in [0, 0.05) is 19.2 Å². The SMILES string of the molecule is CSc1ncc2c(n1)CCN(CC(F)(F)F)C2=O. The van der Waals surface area contributed by atoms with Gasteiger partial charge in [-0.1, -0.05) is 11.8 Å². The van der Waals surface area contributed by atoms with Crippen molar-refractivity contribution in [1.82, 2.24) is 14.9 Å². The van der Waals surface area contributed by atoms with Gasteiger partial charge < -0.3 is 4.90 Å². The molecule has 0 saturated carbocycles. The second-order valence-corrected chi connectivity index (χ2v) is 4.58. The zero-order chi connectivity index (χ0) is 13.3. The molecule has 1 aliphatic rings. The molecule has 0 unspecified atom stereocenters. The van der Waals surface area contributed by atoms with Crippen molar-refractivity contribution in [2.75, 3.05) is 19.3 Å². The fraction of sp³-hybridized carbons (Fsp3) is 0.500. The number of aromatic nitrogens is 2. The molecule has 0 atom stereocenters. The molecule has 8 heteroatoms. The van der Waals surface area contributed by atoms with Crippen LogP contribution in [0, 0.1) is 0 Å². The summed E-state index contributed by atoms with van der Waals surface area (Å²) >= 11 is 1.33. The van der Waals surface area contributed by atoms with Crippen LogP contribution in [0.1, 0.15) is 16.1 Å². The van der Waals surface area contributed by atoms with E-state index in [2.05, 4.69) is 9.97 Å². The molecule has 0 fully saturated rings. The van der Waals surface area contributed by atoms with Crippen LogP contribution in [0.5, 0.6) is 0 Å². The van der Waals surface area contributed by atoms with Gasteiger partial charge in [-0.15, -0.1) is 0 Å². The summed E-state index contributed by atoms with van der Waals surface area (Å²) in [5.41, 5.74) is 0.695. The molecular formula is C10H10F3N3OS. The summed E-state index contributed by atoms with van der Waals surface area (Å²) in [6.45, 7) is -1.19. The van der Waals surface area contributed by atoms with Crippen molar-refractivity contribution in [2.24, 2.45) is 0 Å². The molecule has 1 aliphatic heterocycles. The lowest BCUT2D eigenvalue weighted by Gasteiger charge is -2.28. The molecule has 1 aromatic rings. The number of hydrogen-bond acceptors (Lipinski definition) is 4. The third kappa shape index (κ3) is 2.74. The van der Waals surface area contributed by atoms with Gasteiger partial charge in [-0.2, -0.15) is 13.2 Å². The molecule has 18 heavy (non-hydrogen) atoms. The Labute approximate surface area is 106 Å². The van der Waals surface area contributed by atoms with E-state index in [0.29, 0.717) is 17.3 Å². The number of carbonyl (C=O) groups excluding carboxylic acids is 1. The Bertz CT molecular complexity index is 478. The minimum Gasteiger partial charge on any atom is -0.329 e. The molecule has 2 rings (SSSR count). The largest absolute Gasteiger partial charge is 0.406 e. The Morgan fingerprint density at radius 2 is 2.22 bits per heavy atom. The van der Waals surface area contributed by atoms with Crippen molar-refractivity contribution in [1.29, 1.82) is 0 Å². The van der Waals surface area contributed by atoms with Gasteiger partial charge in [0.25, 0.3) is 5.91 Å². The van der Waals surface area contributed by atoms with E-state index in [1.807, 2.05) is 0 Å². The van der Waals surface area contributed by atoms with E-state index in [1.165, 1.54) is 18.0 Å². The van der Waals surface area contributed by atoms with Gasteiger partial charge in [-0.05, 0) is 6.26 Å². The smallest absolute Gasteiger partial charge is 0.329 e. The fourth-order valence-corrected chi connectivity index (χ4v) is 2.11. The zero-order valence-electron chi connectivity index (χ0n) is 9.49. The van der Waals surface area contributed by atoms with Crippen LogP contribution in [0.2, 0.25) is 0 Å². The van der Waals surface area contributed by atoms with Crippen LogP contribution < -0.4 is 0 Å². The van der Waals surface area contributed by atoms with Gasteiger partial charge in [0.15, 0.2) is 5.16 Å². The topological polar surface area (TPSA) is 46.1 Å². The van der Waals surface area contributed by atoms with Gasteiger partial charge >= 0.3 is 6.18 Å². The van der Waals surface area contributed by atoms with Crippen LogP contribution >= 0.6 is 11.8 Å². The van der Waals surface area contributed by atoms with Crippen LogP contribution in [0.3, 0.4) is 0 Å². The summed E-state index contributed by atoms with van der Waals surface area (Å²) in [7, 11) is 0. The Morgan fingerprint density at radius 1 is 1.50 bits per heavy atom. The molecule has 4 nitrogen and oxygen atoms in total. The summed E-state index contributed by atoms with van der Waals surface area (Å²) in [6.07, 6.45) is -0.957. The maximum atomic E-state index is 12.3. The Hall–Kier alpha value is -1.31. The van der Waals surface area contributed by atoms with Crippen LogP contribution in [0.15, 0.2) is 11.4 Å². The second-order valence-electron chi connectivity index (χ2n) is 3.81. The Balaban J connectivity index is 2.23. The minimum atomic E-state index is -4.38. The van der Waals surface area contributed by atoms with Gasteiger partial charge in [0.2, 0.25) is 0 Å². The summed E-state index contributed by atoms with van der Waals surface area (Å²) in [5, 5.41) is 0.519. The van der Waals surface area contributed by atoms with E-state index in [4.69, 9.17) is 0 Å². The third-order valence-corrected chi connectivity index (χ3v) is 3.10. The summed E-state index contributed by atoms with van der Waals surface area (Å²) in [4.78, 5) is 20.7. The van der Waals surface area contributed by atoms with Gasteiger partial charge in [-0.3, -0.25) is 4.79 Å². The highest BCUT2D eigenvalue weighted by atomic mass is 32.2. The van der Waals surface area contributed by atoms with Crippen LogP contribution in [0.4, 0.5) is 13.2 Å².